The number of piperidine rings is 1. The van der Waals surface area contributed by atoms with Crippen LogP contribution < -0.4 is 5.43 Å². The lowest BCUT2D eigenvalue weighted by molar-refractivity contribution is -0.137. The highest BCUT2D eigenvalue weighted by atomic mass is 32.2. The third kappa shape index (κ3) is 3.71. The number of hydrogen-bond acceptors (Lipinski definition) is 5. The van der Waals surface area contributed by atoms with Crippen LogP contribution in [0.1, 0.15) is 44.7 Å². The molecule has 4 atom stereocenters. The lowest BCUT2D eigenvalue weighted by atomic mass is 9.95. The average molecular weight is 434 g/mol. The van der Waals surface area contributed by atoms with E-state index < -0.39 is 0 Å². The van der Waals surface area contributed by atoms with Crippen LogP contribution in [-0.2, 0) is 4.79 Å². The fraction of sp³-hybridized carbons (Fsp3) is 0.375. The molecule has 1 fully saturated rings. The number of likely N-dealkylation sites (tertiary alicyclic amines) is 1. The Morgan fingerprint density at radius 3 is 2.29 bits per heavy atom. The van der Waals surface area contributed by atoms with Gasteiger partial charge in [0, 0.05) is 17.6 Å². The largest absolute Gasteiger partial charge is 0.336 e. The predicted octanol–water partition coefficient (Wildman–Crippen LogP) is 4.49. The minimum atomic E-state index is -0.300. The molecule has 0 spiro atoms. The van der Waals surface area contributed by atoms with Gasteiger partial charge < -0.3 is 10.3 Å². The second kappa shape index (κ2) is 8.38. The molecule has 1 N–H and O–H groups in total. The Morgan fingerprint density at radius 1 is 0.968 bits per heavy atom. The summed E-state index contributed by atoms with van der Waals surface area (Å²) in [6.45, 7) is 4.34. The Bertz CT molecular complexity index is 1040. The molecule has 160 valence electrons. The van der Waals surface area contributed by atoms with Crippen molar-refractivity contribution in [1.82, 2.24) is 19.8 Å². The molecule has 0 aliphatic carbocycles. The van der Waals surface area contributed by atoms with Crippen molar-refractivity contribution in [3.05, 3.63) is 66.2 Å². The van der Waals surface area contributed by atoms with E-state index in [4.69, 9.17) is 0 Å². The van der Waals surface area contributed by atoms with Crippen LogP contribution in [0.15, 0.2) is 65.8 Å². The zero-order valence-corrected chi connectivity index (χ0v) is 18.6. The van der Waals surface area contributed by atoms with E-state index in [0.29, 0.717) is 0 Å². The van der Waals surface area contributed by atoms with Gasteiger partial charge in [0.25, 0.3) is 0 Å². The van der Waals surface area contributed by atoms with E-state index in [-0.39, 0.29) is 29.3 Å². The van der Waals surface area contributed by atoms with Gasteiger partial charge in [-0.1, -0.05) is 72.4 Å². The number of nitrogens with one attached hydrogen (secondary N) is 1. The summed E-state index contributed by atoms with van der Waals surface area (Å²) in [6, 6.07) is 20.6. The lowest BCUT2D eigenvalue weighted by Gasteiger charge is -2.43. The molecule has 0 saturated carbocycles. The minimum Gasteiger partial charge on any atom is -0.336 e. The van der Waals surface area contributed by atoms with Crippen LogP contribution in [0, 0.1) is 0 Å². The van der Waals surface area contributed by atoms with Crippen molar-refractivity contribution in [1.29, 1.82) is 0 Å². The van der Waals surface area contributed by atoms with Crippen LogP contribution in [0.4, 0.5) is 0 Å². The quantitative estimate of drug-likeness (QED) is 0.659. The number of hydrogen-bond donors (Lipinski definition) is 1. The Labute approximate surface area is 187 Å². The topological polar surface area (TPSA) is 63.1 Å². The molecule has 2 aliphatic rings. The summed E-state index contributed by atoms with van der Waals surface area (Å²) in [4.78, 5) is 16.0. The molecule has 0 bridgehead atoms. The second-order valence-corrected chi connectivity index (χ2v) is 9.55. The summed E-state index contributed by atoms with van der Waals surface area (Å²) in [5.74, 6) is 0.941. The summed E-state index contributed by atoms with van der Waals surface area (Å²) in [5.41, 5.74) is 5.66. The molecule has 5 rings (SSSR count). The molecular formula is C24H27N5OS. The summed E-state index contributed by atoms with van der Waals surface area (Å²) >= 11 is 1.52. The van der Waals surface area contributed by atoms with Crippen molar-refractivity contribution in [2.75, 3.05) is 5.43 Å². The van der Waals surface area contributed by atoms with Crippen LogP contribution >= 0.6 is 11.8 Å². The summed E-state index contributed by atoms with van der Waals surface area (Å²) < 4.78 is 1.94. The maximum atomic E-state index is 13.9. The fourth-order valence-electron chi connectivity index (χ4n) is 4.73. The van der Waals surface area contributed by atoms with Crippen molar-refractivity contribution in [3.63, 3.8) is 0 Å². The zero-order valence-electron chi connectivity index (χ0n) is 17.8. The van der Waals surface area contributed by atoms with E-state index in [9.17, 15) is 4.79 Å². The third-order valence-corrected chi connectivity index (χ3v) is 7.52. The first kappa shape index (κ1) is 20.1. The van der Waals surface area contributed by atoms with Gasteiger partial charge in [0.2, 0.25) is 11.1 Å². The first-order valence-corrected chi connectivity index (χ1v) is 11.8. The number of nitrogens with zero attached hydrogens (tertiary/aromatic N) is 4. The van der Waals surface area contributed by atoms with Gasteiger partial charge in [-0.25, -0.2) is 4.68 Å². The van der Waals surface area contributed by atoms with Crippen LogP contribution in [-0.4, -0.2) is 43.0 Å². The molecule has 3 aromatic rings. The number of carbonyl (C=O) groups is 1. The highest BCUT2D eigenvalue weighted by Gasteiger charge is 2.42. The number of amides is 1. The predicted molar refractivity (Wildman–Crippen MR) is 123 cm³/mol. The van der Waals surface area contributed by atoms with Crippen molar-refractivity contribution in [2.45, 2.75) is 61.6 Å². The number of benzene rings is 2. The van der Waals surface area contributed by atoms with Crippen molar-refractivity contribution in [3.8, 4) is 11.4 Å². The number of aromatic nitrogens is 3. The summed E-state index contributed by atoms with van der Waals surface area (Å²) in [6.07, 6.45) is 3.30. The lowest BCUT2D eigenvalue weighted by Crippen LogP contribution is -2.53. The van der Waals surface area contributed by atoms with Gasteiger partial charge in [-0.15, -0.1) is 10.2 Å². The molecule has 1 saturated heterocycles. The summed E-state index contributed by atoms with van der Waals surface area (Å²) in [7, 11) is 0. The number of thioether (sulfide) groups is 1. The number of rotatable bonds is 3. The first-order valence-electron chi connectivity index (χ1n) is 10.9. The van der Waals surface area contributed by atoms with Crippen molar-refractivity contribution >= 4 is 17.7 Å². The summed E-state index contributed by atoms with van der Waals surface area (Å²) in [5, 5.41) is 9.28. The highest BCUT2D eigenvalue weighted by molar-refractivity contribution is 8.00. The molecule has 6 nitrogen and oxygen atoms in total. The Balaban J connectivity index is 1.54. The first-order chi connectivity index (χ1) is 15.1. The van der Waals surface area contributed by atoms with Gasteiger partial charge in [-0.2, -0.15) is 0 Å². The molecule has 0 unspecified atom stereocenters. The maximum Gasteiger partial charge on any atom is 0.239 e. The molecule has 2 aromatic carbocycles. The normalized spacial score (nSPS) is 25.5. The number of fused-ring (bicyclic) bond motifs is 1. The molecule has 1 aromatic heterocycles. The van der Waals surface area contributed by atoms with Crippen LogP contribution in [0.2, 0.25) is 0 Å². The van der Waals surface area contributed by atoms with E-state index in [2.05, 4.69) is 46.5 Å². The van der Waals surface area contributed by atoms with E-state index in [1.54, 1.807) is 0 Å². The minimum absolute atomic E-state index is 0.175. The Kier molecular flexibility index (Phi) is 5.44. The molecule has 1 amide bonds. The van der Waals surface area contributed by atoms with E-state index in [0.717, 1.165) is 34.9 Å². The zero-order chi connectivity index (χ0) is 21.4. The van der Waals surface area contributed by atoms with Gasteiger partial charge in [0.15, 0.2) is 5.82 Å². The van der Waals surface area contributed by atoms with Gasteiger partial charge in [-0.05, 0) is 38.7 Å². The fourth-order valence-corrected chi connectivity index (χ4v) is 5.87. The van der Waals surface area contributed by atoms with Gasteiger partial charge in [0.05, 0.1) is 6.04 Å². The van der Waals surface area contributed by atoms with Gasteiger partial charge >= 0.3 is 0 Å². The molecule has 7 heteroatoms. The molecular weight excluding hydrogens is 406 g/mol. The van der Waals surface area contributed by atoms with Gasteiger partial charge in [0.1, 0.15) is 5.25 Å². The average Bonchev–Trinajstić information content (AvgIpc) is 3.22. The third-order valence-electron chi connectivity index (χ3n) is 6.32. The van der Waals surface area contributed by atoms with E-state index in [1.165, 1.54) is 18.2 Å². The monoisotopic (exact) mass is 433 g/mol. The van der Waals surface area contributed by atoms with Crippen molar-refractivity contribution < 1.29 is 4.79 Å². The van der Waals surface area contributed by atoms with E-state index >= 15 is 0 Å². The Hall–Kier alpha value is -2.80. The van der Waals surface area contributed by atoms with Crippen LogP contribution in [0.5, 0.6) is 0 Å². The maximum absolute atomic E-state index is 13.9. The highest BCUT2D eigenvalue weighted by Crippen LogP contribution is 2.40. The second-order valence-electron chi connectivity index (χ2n) is 8.44. The molecule has 0 radical (unpaired) electrons. The molecule has 2 aliphatic heterocycles. The van der Waals surface area contributed by atoms with Crippen molar-refractivity contribution in [2.24, 2.45) is 0 Å². The SMILES string of the molecule is C[C@@H]1CCC[C@H](C)N1C(=O)[C@@H]1Sc2nnc(-c3ccccc3)n2N[C@@H]1c1ccccc1. The van der Waals surface area contributed by atoms with Crippen LogP contribution in [0.25, 0.3) is 11.4 Å². The van der Waals surface area contributed by atoms with Crippen LogP contribution in [0.3, 0.4) is 0 Å². The smallest absolute Gasteiger partial charge is 0.239 e. The molecule has 31 heavy (non-hydrogen) atoms. The molecule has 3 heterocycles. The van der Waals surface area contributed by atoms with E-state index in [1.807, 2.05) is 53.2 Å². The Morgan fingerprint density at radius 2 is 1.61 bits per heavy atom. The van der Waals surface area contributed by atoms with Gasteiger partial charge in [-0.3, -0.25) is 4.79 Å². The standard InChI is InChI=1S/C24H27N5OS/c1-16-10-9-11-17(2)28(16)23(30)21-20(18-12-5-3-6-13-18)27-29-22(25-26-24(29)31-21)19-14-7-4-8-15-19/h3-8,12-17,20-21,27H,9-11H2,1-2H3/t16-,17+,20-,21-/m1/s1. The number of carbonyl (C=O) groups excluding carboxylic acids is 1.